The molecular formula is C14H28N2O3. The van der Waals surface area contributed by atoms with Crippen LogP contribution in [0.15, 0.2) is 0 Å². The van der Waals surface area contributed by atoms with Crippen molar-refractivity contribution in [2.45, 2.75) is 52.9 Å². The van der Waals surface area contributed by atoms with E-state index in [1.54, 1.807) is 0 Å². The average Bonchev–Trinajstić information content (AvgIpc) is 2.37. The highest BCUT2D eigenvalue weighted by Crippen LogP contribution is 2.09. The number of nitrogens with one attached hydrogen (secondary N) is 2. The lowest BCUT2D eigenvalue weighted by Gasteiger charge is -2.15. The third kappa shape index (κ3) is 10.4. The number of hydrogen-bond acceptors (Lipinski definition) is 2. The van der Waals surface area contributed by atoms with E-state index < -0.39 is 5.97 Å². The highest BCUT2D eigenvalue weighted by molar-refractivity contribution is 5.73. The summed E-state index contributed by atoms with van der Waals surface area (Å²) in [6.07, 6.45) is 3.81. The summed E-state index contributed by atoms with van der Waals surface area (Å²) < 4.78 is 0. The van der Waals surface area contributed by atoms with Gasteiger partial charge in [-0.15, -0.1) is 0 Å². The summed E-state index contributed by atoms with van der Waals surface area (Å²) in [6, 6.07) is -0.127. The Morgan fingerprint density at radius 2 is 1.74 bits per heavy atom. The van der Waals surface area contributed by atoms with E-state index in [4.69, 9.17) is 5.11 Å². The van der Waals surface area contributed by atoms with E-state index in [-0.39, 0.29) is 12.5 Å². The first kappa shape index (κ1) is 17.7. The molecule has 0 saturated carbocycles. The number of hydrogen-bond donors (Lipinski definition) is 3. The Hall–Kier alpha value is -1.26. The van der Waals surface area contributed by atoms with Crippen LogP contribution >= 0.6 is 0 Å². The Kier molecular flexibility index (Phi) is 9.94. The number of carboxylic acids is 1. The van der Waals surface area contributed by atoms with E-state index in [0.29, 0.717) is 31.3 Å². The summed E-state index contributed by atoms with van der Waals surface area (Å²) in [5, 5.41) is 14.2. The number of rotatable bonds is 10. The normalized spacial score (nSPS) is 12.2. The molecule has 19 heavy (non-hydrogen) atoms. The van der Waals surface area contributed by atoms with Gasteiger partial charge >= 0.3 is 12.0 Å². The lowest BCUT2D eigenvalue weighted by atomic mass is 10.0. The number of carbonyl (C=O) groups excluding carboxylic acids is 1. The first-order chi connectivity index (χ1) is 8.99. The first-order valence-corrected chi connectivity index (χ1v) is 7.23. The summed E-state index contributed by atoms with van der Waals surface area (Å²) in [5.74, 6) is 0.0957. The fourth-order valence-electron chi connectivity index (χ4n) is 1.82. The van der Waals surface area contributed by atoms with Gasteiger partial charge in [-0.25, -0.2) is 4.79 Å². The highest BCUT2D eigenvalue weighted by Gasteiger charge is 2.08. The van der Waals surface area contributed by atoms with Gasteiger partial charge in [-0.1, -0.05) is 33.6 Å². The van der Waals surface area contributed by atoms with Crippen molar-refractivity contribution in [2.24, 2.45) is 11.8 Å². The zero-order chi connectivity index (χ0) is 14.7. The predicted octanol–water partition coefficient (Wildman–Crippen LogP) is 2.61. The quantitative estimate of drug-likeness (QED) is 0.572. The number of urea groups is 1. The van der Waals surface area contributed by atoms with Crippen molar-refractivity contribution in [3.05, 3.63) is 0 Å². The fraction of sp³-hybridized carbons (Fsp3) is 0.857. The molecule has 112 valence electrons. The van der Waals surface area contributed by atoms with Crippen molar-refractivity contribution in [2.75, 3.05) is 13.1 Å². The molecule has 0 aliphatic carbocycles. The van der Waals surface area contributed by atoms with Gasteiger partial charge in [0.25, 0.3) is 0 Å². The van der Waals surface area contributed by atoms with Crippen LogP contribution in [-0.2, 0) is 4.79 Å². The smallest absolute Gasteiger partial charge is 0.314 e. The first-order valence-electron chi connectivity index (χ1n) is 7.23. The topological polar surface area (TPSA) is 78.4 Å². The second kappa shape index (κ2) is 10.6. The van der Waals surface area contributed by atoms with Crippen LogP contribution in [0.25, 0.3) is 0 Å². The average molecular weight is 272 g/mol. The molecule has 0 saturated heterocycles. The molecule has 0 spiro atoms. The third-order valence-corrected chi connectivity index (χ3v) is 3.48. The summed E-state index contributed by atoms with van der Waals surface area (Å²) in [7, 11) is 0. The molecule has 0 aliphatic heterocycles. The van der Waals surface area contributed by atoms with Crippen LogP contribution in [0.3, 0.4) is 0 Å². The van der Waals surface area contributed by atoms with E-state index in [2.05, 4.69) is 24.5 Å². The van der Waals surface area contributed by atoms with Gasteiger partial charge in [-0.05, 0) is 24.7 Å². The second-order valence-electron chi connectivity index (χ2n) is 5.15. The third-order valence-electron chi connectivity index (χ3n) is 3.48. The van der Waals surface area contributed by atoms with Gasteiger partial charge in [0.05, 0.1) is 0 Å². The molecule has 0 fully saturated rings. The predicted molar refractivity (Wildman–Crippen MR) is 76.1 cm³/mol. The van der Waals surface area contributed by atoms with Crippen molar-refractivity contribution < 1.29 is 14.7 Å². The van der Waals surface area contributed by atoms with Crippen molar-refractivity contribution in [3.63, 3.8) is 0 Å². The minimum atomic E-state index is -0.761. The van der Waals surface area contributed by atoms with E-state index in [9.17, 15) is 9.59 Å². The lowest BCUT2D eigenvalue weighted by molar-refractivity contribution is -0.137. The molecule has 1 unspecified atom stereocenters. The molecule has 2 amide bonds. The molecule has 1 atom stereocenters. The zero-order valence-corrected chi connectivity index (χ0v) is 12.4. The van der Waals surface area contributed by atoms with Gasteiger partial charge in [0, 0.05) is 19.5 Å². The molecule has 0 aliphatic rings. The summed E-state index contributed by atoms with van der Waals surface area (Å²) in [5.41, 5.74) is 0. The zero-order valence-electron chi connectivity index (χ0n) is 12.4. The maximum atomic E-state index is 11.5. The van der Waals surface area contributed by atoms with Gasteiger partial charge in [-0.2, -0.15) is 0 Å². The lowest BCUT2D eigenvalue weighted by Crippen LogP contribution is -2.38. The number of amides is 2. The summed E-state index contributed by atoms with van der Waals surface area (Å²) >= 11 is 0. The molecule has 0 aromatic heterocycles. The summed E-state index contributed by atoms with van der Waals surface area (Å²) in [6.45, 7) is 7.56. The van der Waals surface area contributed by atoms with Gasteiger partial charge in [0.15, 0.2) is 0 Å². The van der Waals surface area contributed by atoms with Crippen LogP contribution in [0.5, 0.6) is 0 Å². The van der Waals surface area contributed by atoms with Crippen LogP contribution in [0.4, 0.5) is 4.79 Å². The maximum Gasteiger partial charge on any atom is 0.314 e. The van der Waals surface area contributed by atoms with Crippen LogP contribution in [0.2, 0.25) is 0 Å². The van der Waals surface area contributed by atoms with Gasteiger partial charge in [-0.3, -0.25) is 4.79 Å². The molecular weight excluding hydrogens is 244 g/mol. The van der Waals surface area contributed by atoms with Crippen LogP contribution in [0, 0.1) is 11.8 Å². The van der Waals surface area contributed by atoms with Crippen LogP contribution < -0.4 is 10.6 Å². The molecule has 3 N–H and O–H groups in total. The van der Waals surface area contributed by atoms with Gasteiger partial charge in [0.1, 0.15) is 0 Å². The Balaban J connectivity index is 3.59. The Labute approximate surface area is 116 Å². The second-order valence-corrected chi connectivity index (χ2v) is 5.15. The van der Waals surface area contributed by atoms with Crippen molar-refractivity contribution in [1.29, 1.82) is 0 Å². The minimum absolute atomic E-state index is 0.127. The SMILES string of the molecule is CCC(CC)CNC(=O)NCCC(C)CCC(=O)O. The Morgan fingerprint density at radius 1 is 1.11 bits per heavy atom. The minimum Gasteiger partial charge on any atom is -0.481 e. The molecule has 0 heterocycles. The molecule has 0 rings (SSSR count). The Bertz CT molecular complexity index is 265. The molecule has 0 radical (unpaired) electrons. The van der Waals surface area contributed by atoms with Crippen molar-refractivity contribution in [1.82, 2.24) is 10.6 Å². The van der Waals surface area contributed by atoms with E-state index >= 15 is 0 Å². The van der Waals surface area contributed by atoms with Crippen LogP contribution in [-0.4, -0.2) is 30.2 Å². The molecule has 5 nitrogen and oxygen atoms in total. The van der Waals surface area contributed by atoms with E-state index in [1.165, 1.54) is 0 Å². The number of carboxylic acid groups (broad SMARTS) is 1. The molecule has 0 aromatic rings. The van der Waals surface area contributed by atoms with Crippen molar-refractivity contribution >= 4 is 12.0 Å². The fourth-order valence-corrected chi connectivity index (χ4v) is 1.82. The van der Waals surface area contributed by atoms with E-state index in [1.807, 2.05) is 6.92 Å². The largest absolute Gasteiger partial charge is 0.481 e. The Morgan fingerprint density at radius 3 is 2.26 bits per heavy atom. The number of carbonyl (C=O) groups is 2. The monoisotopic (exact) mass is 272 g/mol. The molecule has 5 heteroatoms. The highest BCUT2D eigenvalue weighted by atomic mass is 16.4. The standard InChI is InChI=1S/C14H28N2O3/c1-4-12(5-2)10-16-14(19)15-9-8-11(3)6-7-13(17)18/h11-12H,4-10H2,1-3H3,(H,17,18)(H2,15,16,19). The summed E-state index contributed by atoms with van der Waals surface area (Å²) in [4.78, 5) is 21.9. The van der Waals surface area contributed by atoms with Gasteiger partial charge in [0.2, 0.25) is 0 Å². The number of aliphatic carboxylic acids is 1. The van der Waals surface area contributed by atoms with Crippen molar-refractivity contribution in [3.8, 4) is 0 Å². The van der Waals surface area contributed by atoms with Crippen LogP contribution in [0.1, 0.15) is 52.9 Å². The maximum absolute atomic E-state index is 11.5. The van der Waals surface area contributed by atoms with Gasteiger partial charge < -0.3 is 15.7 Å². The van der Waals surface area contributed by atoms with E-state index in [0.717, 1.165) is 19.3 Å². The molecule has 0 bridgehead atoms. The molecule has 0 aromatic carbocycles.